The van der Waals surface area contributed by atoms with Crippen molar-refractivity contribution in [2.45, 2.75) is 12.5 Å². The largest absolute Gasteiger partial charge is 0.354 e. The Kier molecular flexibility index (Phi) is 3.85. The molecule has 6 nitrogen and oxygen atoms in total. The number of nitrogens with one attached hydrogen (secondary N) is 2. The Bertz CT molecular complexity index is 778. The Morgan fingerprint density at radius 3 is 3.09 bits per heavy atom. The van der Waals surface area contributed by atoms with Crippen LogP contribution in [0.5, 0.6) is 0 Å². The lowest BCUT2D eigenvalue weighted by Crippen LogP contribution is -2.39. The van der Waals surface area contributed by atoms with Crippen molar-refractivity contribution >= 4 is 23.2 Å². The van der Waals surface area contributed by atoms with E-state index in [1.807, 2.05) is 6.07 Å². The SMILES string of the molecule is N#Cc1cccc(-c2ncc(C(=O)N[C@H]3CCNC3=O)s2)c1. The predicted octanol–water partition coefficient (Wildman–Crippen LogP) is 1.30. The first-order valence-electron chi connectivity index (χ1n) is 6.72. The van der Waals surface area contributed by atoms with E-state index < -0.39 is 6.04 Å². The average Bonchev–Trinajstić information content (AvgIpc) is 3.17. The fourth-order valence-corrected chi connectivity index (χ4v) is 3.01. The van der Waals surface area contributed by atoms with Crippen LogP contribution in [0.2, 0.25) is 0 Å². The minimum Gasteiger partial charge on any atom is -0.354 e. The number of thiazole rings is 1. The zero-order valence-corrected chi connectivity index (χ0v) is 12.3. The molecule has 0 bridgehead atoms. The highest BCUT2D eigenvalue weighted by atomic mass is 32.1. The van der Waals surface area contributed by atoms with Gasteiger partial charge in [-0.15, -0.1) is 11.3 Å². The van der Waals surface area contributed by atoms with Crippen LogP contribution in [0.1, 0.15) is 21.7 Å². The molecule has 2 N–H and O–H groups in total. The minimum atomic E-state index is -0.472. The van der Waals surface area contributed by atoms with Gasteiger partial charge in [-0.2, -0.15) is 5.26 Å². The molecule has 0 radical (unpaired) electrons. The third-order valence-corrected chi connectivity index (χ3v) is 4.37. The third kappa shape index (κ3) is 2.82. The second kappa shape index (κ2) is 5.95. The summed E-state index contributed by atoms with van der Waals surface area (Å²) in [6.45, 7) is 0.582. The van der Waals surface area contributed by atoms with E-state index in [0.717, 1.165) is 5.56 Å². The summed E-state index contributed by atoms with van der Waals surface area (Å²) in [4.78, 5) is 28.3. The molecule has 7 heteroatoms. The summed E-state index contributed by atoms with van der Waals surface area (Å²) in [5, 5.41) is 15.0. The maximum Gasteiger partial charge on any atom is 0.263 e. The van der Waals surface area contributed by atoms with Gasteiger partial charge in [0.1, 0.15) is 15.9 Å². The van der Waals surface area contributed by atoms with Gasteiger partial charge in [0.25, 0.3) is 5.91 Å². The van der Waals surface area contributed by atoms with Crippen LogP contribution >= 0.6 is 11.3 Å². The molecule has 2 amide bonds. The Labute approximate surface area is 130 Å². The highest BCUT2D eigenvalue weighted by molar-refractivity contribution is 7.16. The van der Waals surface area contributed by atoms with E-state index >= 15 is 0 Å². The first kappa shape index (κ1) is 14.2. The number of amides is 2. The Morgan fingerprint density at radius 1 is 1.50 bits per heavy atom. The summed E-state index contributed by atoms with van der Waals surface area (Å²) < 4.78 is 0. The number of rotatable bonds is 3. The van der Waals surface area contributed by atoms with Crippen LogP contribution in [0.15, 0.2) is 30.5 Å². The highest BCUT2D eigenvalue weighted by Crippen LogP contribution is 2.25. The summed E-state index contributed by atoms with van der Waals surface area (Å²) in [5.74, 6) is -0.456. The zero-order chi connectivity index (χ0) is 15.5. The molecule has 2 aromatic rings. The number of carbonyl (C=O) groups is 2. The van der Waals surface area contributed by atoms with Crippen LogP contribution in [0.3, 0.4) is 0 Å². The van der Waals surface area contributed by atoms with E-state index in [2.05, 4.69) is 21.7 Å². The number of hydrogen-bond donors (Lipinski definition) is 2. The second-order valence-corrected chi connectivity index (χ2v) is 5.86. The number of nitrogens with zero attached hydrogens (tertiary/aromatic N) is 2. The Morgan fingerprint density at radius 2 is 2.36 bits per heavy atom. The Balaban J connectivity index is 1.77. The smallest absolute Gasteiger partial charge is 0.263 e. The molecule has 0 spiro atoms. The Hall–Kier alpha value is -2.72. The summed E-state index contributed by atoms with van der Waals surface area (Å²) in [5.41, 5.74) is 1.34. The first-order valence-corrected chi connectivity index (χ1v) is 7.54. The number of aromatic nitrogens is 1. The van der Waals surface area contributed by atoms with Gasteiger partial charge in [0.15, 0.2) is 0 Å². The number of benzene rings is 1. The van der Waals surface area contributed by atoms with Gasteiger partial charge in [0.05, 0.1) is 17.8 Å². The number of nitriles is 1. The minimum absolute atomic E-state index is 0.153. The molecule has 1 aliphatic heterocycles. The van der Waals surface area contributed by atoms with Gasteiger partial charge in [0.2, 0.25) is 5.91 Å². The number of carbonyl (C=O) groups excluding carboxylic acids is 2. The number of hydrogen-bond acceptors (Lipinski definition) is 5. The first-order chi connectivity index (χ1) is 10.7. The van der Waals surface area contributed by atoms with Crippen molar-refractivity contribution in [3.05, 3.63) is 40.9 Å². The van der Waals surface area contributed by atoms with Crippen LogP contribution in [0.4, 0.5) is 0 Å². The van der Waals surface area contributed by atoms with Crippen LogP contribution in [-0.2, 0) is 4.79 Å². The van der Waals surface area contributed by atoms with Gasteiger partial charge in [0, 0.05) is 12.1 Å². The second-order valence-electron chi connectivity index (χ2n) is 4.83. The molecule has 1 aromatic heterocycles. The van der Waals surface area contributed by atoms with Crippen LogP contribution < -0.4 is 10.6 Å². The molecule has 22 heavy (non-hydrogen) atoms. The van der Waals surface area contributed by atoms with Gasteiger partial charge >= 0.3 is 0 Å². The lowest BCUT2D eigenvalue weighted by Gasteiger charge is -2.07. The zero-order valence-electron chi connectivity index (χ0n) is 11.5. The van der Waals surface area contributed by atoms with E-state index in [1.54, 1.807) is 18.2 Å². The quantitative estimate of drug-likeness (QED) is 0.893. The van der Waals surface area contributed by atoms with E-state index in [0.29, 0.717) is 28.4 Å². The van der Waals surface area contributed by atoms with Crippen LogP contribution in [0.25, 0.3) is 10.6 Å². The topological polar surface area (TPSA) is 94.9 Å². The van der Waals surface area contributed by atoms with Crippen molar-refractivity contribution in [1.82, 2.24) is 15.6 Å². The lowest BCUT2D eigenvalue weighted by molar-refractivity contribution is -0.120. The molecular weight excluding hydrogens is 300 g/mol. The maximum absolute atomic E-state index is 12.1. The molecule has 0 aliphatic carbocycles. The average molecular weight is 312 g/mol. The van der Waals surface area contributed by atoms with E-state index in [4.69, 9.17) is 5.26 Å². The summed E-state index contributed by atoms with van der Waals surface area (Å²) in [6, 6.07) is 8.65. The van der Waals surface area contributed by atoms with Crippen molar-refractivity contribution in [2.75, 3.05) is 6.54 Å². The summed E-state index contributed by atoms with van der Waals surface area (Å²) in [6.07, 6.45) is 2.09. The van der Waals surface area contributed by atoms with Crippen LogP contribution in [-0.4, -0.2) is 29.4 Å². The van der Waals surface area contributed by atoms with Crippen LogP contribution in [0, 0.1) is 11.3 Å². The molecule has 1 aliphatic rings. The molecule has 1 atom stereocenters. The monoisotopic (exact) mass is 312 g/mol. The van der Waals surface area contributed by atoms with Gasteiger partial charge in [-0.1, -0.05) is 12.1 Å². The highest BCUT2D eigenvalue weighted by Gasteiger charge is 2.26. The van der Waals surface area contributed by atoms with Crippen molar-refractivity contribution < 1.29 is 9.59 Å². The van der Waals surface area contributed by atoms with Gasteiger partial charge in [-0.3, -0.25) is 9.59 Å². The summed E-state index contributed by atoms with van der Waals surface area (Å²) >= 11 is 1.23. The van der Waals surface area contributed by atoms with Crippen molar-refractivity contribution in [2.24, 2.45) is 0 Å². The molecule has 1 fully saturated rings. The lowest BCUT2D eigenvalue weighted by atomic mass is 10.1. The fraction of sp³-hybridized carbons (Fsp3) is 0.200. The normalized spacial score (nSPS) is 16.9. The van der Waals surface area contributed by atoms with Crippen molar-refractivity contribution in [1.29, 1.82) is 5.26 Å². The van der Waals surface area contributed by atoms with E-state index in [9.17, 15) is 9.59 Å². The molecule has 0 saturated carbocycles. The molecule has 3 rings (SSSR count). The molecular formula is C15H12N4O2S. The predicted molar refractivity (Wildman–Crippen MR) is 81.1 cm³/mol. The molecule has 2 heterocycles. The molecule has 0 unspecified atom stereocenters. The molecule has 1 aromatic carbocycles. The molecule has 110 valence electrons. The van der Waals surface area contributed by atoms with E-state index in [-0.39, 0.29) is 11.8 Å². The maximum atomic E-state index is 12.1. The van der Waals surface area contributed by atoms with Crippen molar-refractivity contribution in [3.63, 3.8) is 0 Å². The van der Waals surface area contributed by atoms with Gasteiger partial charge in [-0.05, 0) is 18.6 Å². The summed E-state index contributed by atoms with van der Waals surface area (Å²) in [7, 11) is 0. The molecule has 1 saturated heterocycles. The van der Waals surface area contributed by atoms with Gasteiger partial charge in [-0.25, -0.2) is 4.98 Å². The van der Waals surface area contributed by atoms with Gasteiger partial charge < -0.3 is 10.6 Å². The fourth-order valence-electron chi connectivity index (χ4n) is 2.20. The third-order valence-electron chi connectivity index (χ3n) is 3.32. The van der Waals surface area contributed by atoms with E-state index in [1.165, 1.54) is 17.5 Å². The van der Waals surface area contributed by atoms with Crippen molar-refractivity contribution in [3.8, 4) is 16.6 Å². The standard InChI is InChI=1S/C15H12N4O2S/c16-7-9-2-1-3-10(6-9)15-18-8-12(22-15)14(21)19-11-4-5-17-13(11)20/h1-3,6,8,11H,4-5H2,(H,17,20)(H,19,21)/t11-/m0/s1.